The summed E-state index contributed by atoms with van der Waals surface area (Å²) in [6, 6.07) is 58.8. The minimum absolute atomic E-state index is 0.182. The zero-order chi connectivity index (χ0) is 36.5. The molecule has 1 aliphatic rings. The fourth-order valence-corrected chi connectivity index (χ4v) is 10.9. The molecule has 0 bridgehead atoms. The van der Waals surface area contributed by atoms with Gasteiger partial charge in [0.25, 0.3) is 0 Å². The number of fused-ring (bicyclic) bond motifs is 14. The van der Waals surface area contributed by atoms with E-state index < -0.39 is 0 Å². The van der Waals surface area contributed by atoms with Gasteiger partial charge in [-0.05, 0) is 98.2 Å². The number of benzene rings is 9. The molecule has 3 nitrogen and oxygen atoms in total. The predicted octanol–water partition coefficient (Wildman–Crippen LogP) is 15.4. The minimum atomic E-state index is 0.182. The van der Waals surface area contributed by atoms with Gasteiger partial charge in [-0.15, -0.1) is 11.8 Å². The fraction of sp³-hybridized carbons (Fsp3) is 0.0385. The van der Waals surface area contributed by atoms with E-state index in [9.17, 15) is 0 Å². The molecule has 1 aliphatic heterocycles. The molecule has 9 aromatic carbocycles. The van der Waals surface area contributed by atoms with Crippen molar-refractivity contribution in [3.05, 3.63) is 175 Å². The second-order valence-electron chi connectivity index (χ2n) is 15.0. The lowest BCUT2D eigenvalue weighted by atomic mass is 9.86. The average Bonchev–Trinajstić information content (AvgIpc) is 4.04. The van der Waals surface area contributed by atoms with Crippen LogP contribution in [0.3, 0.4) is 0 Å². The molecule has 56 heavy (non-hydrogen) atoms. The summed E-state index contributed by atoms with van der Waals surface area (Å²) in [6.07, 6.45) is 0.857. The molecule has 0 amide bonds. The summed E-state index contributed by atoms with van der Waals surface area (Å²) < 4.78 is 20.0. The summed E-state index contributed by atoms with van der Waals surface area (Å²) in [7, 11) is 0. The Kier molecular flexibility index (Phi) is 6.22. The summed E-state index contributed by atoms with van der Waals surface area (Å²) in [6.45, 7) is 0. The smallest absolute Gasteiger partial charge is 0.178 e. The number of thioether (sulfide) groups is 1. The van der Waals surface area contributed by atoms with Crippen LogP contribution in [-0.2, 0) is 6.42 Å². The Balaban J connectivity index is 0.981. The first kappa shape index (κ1) is 30.6. The molecule has 3 aromatic heterocycles. The summed E-state index contributed by atoms with van der Waals surface area (Å²) in [5, 5.41) is 11.9. The van der Waals surface area contributed by atoms with Crippen LogP contribution in [0.5, 0.6) is 0 Å². The van der Waals surface area contributed by atoms with Crippen LogP contribution < -0.4 is 0 Å². The molecular formula is C52H30O3S. The summed E-state index contributed by atoms with van der Waals surface area (Å²) in [5.41, 5.74) is 12.7. The Morgan fingerprint density at radius 2 is 0.946 bits per heavy atom. The van der Waals surface area contributed by atoms with Gasteiger partial charge in [0, 0.05) is 48.0 Å². The van der Waals surface area contributed by atoms with Gasteiger partial charge in [-0.1, -0.05) is 121 Å². The van der Waals surface area contributed by atoms with Crippen molar-refractivity contribution in [2.75, 3.05) is 0 Å². The standard InChI is InChI=1S/C52H30O3S/c1-2-12-29(13-3-1)47-33-15-4-6-17-35(33)48(36-18-7-5-16-34(36)47)30-22-23-32-37-24-25-45-41(50(37)55-44(32)26-30)28-46(56-45)40-27-39-31-14-8-10-20-42(31)53-51(39)52-49(40)38-19-9-11-21-43(38)54-52/h1-27,46H,28H2. The van der Waals surface area contributed by atoms with Crippen molar-refractivity contribution in [3.8, 4) is 22.3 Å². The molecule has 12 aromatic rings. The lowest BCUT2D eigenvalue weighted by molar-refractivity contribution is 0.633. The van der Waals surface area contributed by atoms with Crippen molar-refractivity contribution in [2.45, 2.75) is 16.6 Å². The monoisotopic (exact) mass is 734 g/mol. The van der Waals surface area contributed by atoms with Crippen molar-refractivity contribution in [1.29, 1.82) is 0 Å². The molecule has 0 saturated carbocycles. The first-order chi connectivity index (χ1) is 27.8. The number of hydrogen-bond acceptors (Lipinski definition) is 4. The molecule has 4 heteroatoms. The van der Waals surface area contributed by atoms with Gasteiger partial charge in [-0.3, -0.25) is 0 Å². The summed E-state index contributed by atoms with van der Waals surface area (Å²) in [4.78, 5) is 1.27. The third-order valence-corrected chi connectivity index (χ3v) is 13.4. The van der Waals surface area contributed by atoms with Gasteiger partial charge in [0.1, 0.15) is 22.3 Å². The topological polar surface area (TPSA) is 39.4 Å². The van der Waals surface area contributed by atoms with E-state index in [2.05, 4.69) is 146 Å². The lowest BCUT2D eigenvalue weighted by Gasteiger charge is -2.17. The Bertz CT molecular complexity index is 3550. The molecule has 0 fully saturated rings. The maximum Gasteiger partial charge on any atom is 0.178 e. The normalized spacial score (nSPS) is 14.5. The van der Waals surface area contributed by atoms with Crippen LogP contribution in [-0.4, -0.2) is 0 Å². The van der Waals surface area contributed by atoms with E-state index in [1.54, 1.807) is 0 Å². The highest BCUT2D eigenvalue weighted by Gasteiger charge is 2.32. The Morgan fingerprint density at radius 1 is 0.393 bits per heavy atom. The number of furan rings is 3. The number of hydrogen-bond donors (Lipinski definition) is 0. The van der Waals surface area contributed by atoms with E-state index >= 15 is 0 Å². The highest BCUT2D eigenvalue weighted by Crippen LogP contribution is 2.54. The molecule has 1 unspecified atom stereocenters. The van der Waals surface area contributed by atoms with Gasteiger partial charge in [0.05, 0.1) is 0 Å². The molecule has 4 heterocycles. The zero-order valence-electron chi connectivity index (χ0n) is 30.0. The zero-order valence-corrected chi connectivity index (χ0v) is 30.8. The Labute approximate surface area is 324 Å². The van der Waals surface area contributed by atoms with Gasteiger partial charge in [0.2, 0.25) is 0 Å². The molecule has 0 aliphatic carbocycles. The molecule has 1 atom stereocenters. The molecule has 0 radical (unpaired) electrons. The Hall–Kier alpha value is -6.75. The molecule has 262 valence electrons. The molecule has 13 rings (SSSR count). The van der Waals surface area contributed by atoms with Gasteiger partial charge in [0.15, 0.2) is 11.2 Å². The van der Waals surface area contributed by atoms with Crippen LogP contribution in [0.4, 0.5) is 0 Å². The molecular weight excluding hydrogens is 705 g/mol. The first-order valence-corrected chi connectivity index (χ1v) is 20.0. The van der Waals surface area contributed by atoms with Crippen LogP contribution in [0.2, 0.25) is 0 Å². The van der Waals surface area contributed by atoms with Crippen molar-refractivity contribution in [2.24, 2.45) is 0 Å². The number of rotatable bonds is 3. The third kappa shape index (κ3) is 4.19. The van der Waals surface area contributed by atoms with Crippen LogP contribution in [0.15, 0.2) is 182 Å². The van der Waals surface area contributed by atoms with Crippen LogP contribution in [0.1, 0.15) is 16.4 Å². The van der Waals surface area contributed by atoms with Crippen LogP contribution >= 0.6 is 11.8 Å². The second-order valence-corrected chi connectivity index (χ2v) is 16.2. The van der Waals surface area contributed by atoms with E-state index in [0.29, 0.717) is 0 Å². The summed E-state index contributed by atoms with van der Waals surface area (Å²) in [5.74, 6) is 0. The van der Waals surface area contributed by atoms with Gasteiger partial charge in [-0.2, -0.15) is 0 Å². The largest absolute Gasteiger partial charge is 0.456 e. The Morgan fingerprint density at radius 3 is 1.68 bits per heavy atom. The quantitative estimate of drug-likeness (QED) is 0.169. The van der Waals surface area contributed by atoms with Crippen molar-refractivity contribution in [1.82, 2.24) is 0 Å². The van der Waals surface area contributed by atoms with Crippen LogP contribution in [0, 0.1) is 0 Å². The average molecular weight is 735 g/mol. The fourth-order valence-electron chi connectivity index (χ4n) is 9.60. The van der Waals surface area contributed by atoms with Crippen molar-refractivity contribution in [3.63, 3.8) is 0 Å². The van der Waals surface area contributed by atoms with Crippen molar-refractivity contribution >= 4 is 99.1 Å². The number of para-hydroxylation sites is 2. The molecule has 0 spiro atoms. The van der Waals surface area contributed by atoms with E-state index in [-0.39, 0.29) is 5.25 Å². The second kappa shape index (κ2) is 11.4. The van der Waals surface area contributed by atoms with Gasteiger partial charge in [-0.25, -0.2) is 0 Å². The molecule has 0 saturated heterocycles. The highest BCUT2D eigenvalue weighted by molar-refractivity contribution is 8.00. The van der Waals surface area contributed by atoms with E-state index in [4.69, 9.17) is 13.3 Å². The van der Waals surface area contributed by atoms with Gasteiger partial charge < -0.3 is 13.3 Å². The predicted molar refractivity (Wildman–Crippen MR) is 233 cm³/mol. The third-order valence-electron chi connectivity index (χ3n) is 12.0. The van der Waals surface area contributed by atoms with E-state index in [1.807, 2.05) is 30.0 Å². The van der Waals surface area contributed by atoms with E-state index in [1.165, 1.54) is 54.3 Å². The first-order valence-electron chi connectivity index (χ1n) is 19.2. The summed E-state index contributed by atoms with van der Waals surface area (Å²) >= 11 is 1.93. The maximum atomic E-state index is 6.97. The van der Waals surface area contributed by atoms with Gasteiger partial charge >= 0.3 is 0 Å². The maximum absolute atomic E-state index is 6.97. The minimum Gasteiger partial charge on any atom is -0.456 e. The lowest BCUT2D eigenvalue weighted by Crippen LogP contribution is -1.94. The van der Waals surface area contributed by atoms with Crippen molar-refractivity contribution < 1.29 is 13.3 Å². The highest BCUT2D eigenvalue weighted by atomic mass is 32.2. The van der Waals surface area contributed by atoms with Crippen LogP contribution in [0.25, 0.3) is 110 Å². The molecule has 0 N–H and O–H groups in total. The van der Waals surface area contributed by atoms with E-state index in [0.717, 1.165) is 77.8 Å². The SMILES string of the molecule is c1ccc(-c2c3ccccc3c(-c3ccc4c(c3)oc3c5c(ccc34)SC(c3cc4c6ccccc6oc4c4oc6ccccc6c34)C5)c3ccccc23)cc1.